The lowest BCUT2D eigenvalue weighted by molar-refractivity contribution is 0.0697. The number of methoxy groups -OCH3 is 1. The van der Waals surface area contributed by atoms with Crippen LogP contribution in [0.15, 0.2) is 36.4 Å². The summed E-state index contributed by atoms with van der Waals surface area (Å²) in [4.78, 5) is 14.4. The fraction of sp³-hybridized carbons (Fsp3) is 0.545. The van der Waals surface area contributed by atoms with Gasteiger partial charge < -0.3 is 14.4 Å². The molecule has 8 nitrogen and oxygen atoms in total. The Morgan fingerprint density at radius 1 is 1.02 bits per heavy atom. The number of nitrogens with zero attached hydrogens (tertiary/aromatic N) is 3. The average Bonchev–Trinajstić information content (AvgIpc) is 3.67. The second kappa shape index (κ2) is 9.82. The van der Waals surface area contributed by atoms with E-state index in [1.165, 1.54) is 24.8 Å². The Kier molecular flexibility index (Phi) is 6.53. The second-order valence-corrected chi connectivity index (χ2v) is 15.5. The summed E-state index contributed by atoms with van der Waals surface area (Å²) >= 11 is 0. The molecule has 224 valence electrons. The van der Waals surface area contributed by atoms with Gasteiger partial charge in [0, 0.05) is 54.1 Å². The Morgan fingerprint density at radius 3 is 2.40 bits per heavy atom. The van der Waals surface area contributed by atoms with Gasteiger partial charge in [0.1, 0.15) is 10.5 Å². The molecule has 0 amide bonds. The topological polar surface area (TPSA) is 92.1 Å². The van der Waals surface area contributed by atoms with Crippen molar-refractivity contribution >= 4 is 26.9 Å². The summed E-state index contributed by atoms with van der Waals surface area (Å²) in [7, 11) is 0.00905. The van der Waals surface area contributed by atoms with Gasteiger partial charge in [0.2, 0.25) is 10.0 Å². The van der Waals surface area contributed by atoms with E-state index in [-0.39, 0.29) is 23.6 Å². The lowest BCUT2D eigenvalue weighted by atomic mass is 9.81. The predicted molar refractivity (Wildman–Crippen MR) is 164 cm³/mol. The van der Waals surface area contributed by atoms with Crippen molar-refractivity contribution in [2.24, 2.45) is 0 Å². The van der Waals surface area contributed by atoms with Crippen LogP contribution in [0.2, 0.25) is 0 Å². The van der Waals surface area contributed by atoms with E-state index in [0.29, 0.717) is 32.0 Å². The van der Waals surface area contributed by atoms with E-state index in [9.17, 15) is 18.3 Å². The van der Waals surface area contributed by atoms with Gasteiger partial charge in [-0.15, -0.1) is 0 Å². The lowest BCUT2D eigenvalue weighted by Gasteiger charge is -2.43. The summed E-state index contributed by atoms with van der Waals surface area (Å²) in [5.74, 6) is -0.0534. The van der Waals surface area contributed by atoms with Crippen LogP contribution < -0.4 is 4.74 Å². The number of piperazine rings is 1. The van der Waals surface area contributed by atoms with Gasteiger partial charge in [0.15, 0.2) is 0 Å². The third kappa shape index (κ3) is 3.99. The van der Waals surface area contributed by atoms with Crippen molar-refractivity contribution in [3.63, 3.8) is 0 Å². The van der Waals surface area contributed by atoms with Crippen LogP contribution >= 0.6 is 0 Å². The molecule has 1 N–H and O–H groups in total. The quantitative estimate of drug-likeness (QED) is 0.412. The smallest absolute Gasteiger partial charge is 0.335 e. The van der Waals surface area contributed by atoms with Gasteiger partial charge in [-0.1, -0.05) is 25.3 Å². The molecule has 0 radical (unpaired) electrons. The summed E-state index contributed by atoms with van der Waals surface area (Å²) in [5.41, 5.74) is 5.47. The van der Waals surface area contributed by atoms with Crippen LogP contribution in [0.1, 0.15) is 85.7 Å². The number of rotatable bonds is 5. The molecule has 3 aromatic rings. The van der Waals surface area contributed by atoms with Gasteiger partial charge in [-0.25, -0.2) is 13.2 Å². The summed E-state index contributed by atoms with van der Waals surface area (Å²) < 4.78 is 38.2. The minimum Gasteiger partial charge on any atom is -0.497 e. The van der Waals surface area contributed by atoms with Crippen LogP contribution in [0.3, 0.4) is 0 Å². The second-order valence-electron chi connectivity index (χ2n) is 13.2. The molecular formula is C33H41N3O5S. The van der Waals surface area contributed by atoms with Crippen molar-refractivity contribution in [2.75, 3.05) is 27.2 Å². The number of benzene rings is 2. The van der Waals surface area contributed by atoms with E-state index in [1.807, 2.05) is 18.2 Å². The standard InChI is InChI=1S/C33H41N3O5S/c1-20-17-35(18-21(2)34(20)3)42(39,40)33-16-28(33)27-15-24(41-4)11-13-25(27)31-30(22-8-6-5-7-9-22)26-12-10-23(32(37)38)14-29(26)36(31)19-33/h10-15,20-22,28H,5-9,16-19H2,1-4H3,(H,37,38)/t20-,21+,28?,33?. The van der Waals surface area contributed by atoms with Gasteiger partial charge in [0.05, 0.1) is 18.4 Å². The monoisotopic (exact) mass is 591 g/mol. The van der Waals surface area contributed by atoms with Crippen molar-refractivity contribution in [1.29, 1.82) is 0 Å². The molecule has 2 saturated carbocycles. The SMILES string of the molecule is COc1ccc2c(c1)C1CC1(S(=O)(=O)N1C[C@@H](C)N(C)[C@@H](C)C1)Cn1c-2c(C2CCCCC2)c2ccc(C(=O)O)cc21. The number of aromatic carboxylic acids is 1. The first-order valence-electron chi connectivity index (χ1n) is 15.4. The molecule has 2 aliphatic heterocycles. The highest BCUT2D eigenvalue weighted by molar-refractivity contribution is 7.90. The number of carboxylic acids is 1. The third-order valence-corrected chi connectivity index (χ3v) is 13.5. The highest BCUT2D eigenvalue weighted by Crippen LogP contribution is 2.64. The number of fused-ring (bicyclic) bond motifs is 7. The molecule has 3 fully saturated rings. The van der Waals surface area contributed by atoms with E-state index in [0.717, 1.165) is 46.3 Å². The van der Waals surface area contributed by atoms with Crippen LogP contribution in [-0.4, -0.2) is 77.3 Å². The van der Waals surface area contributed by atoms with Crippen LogP contribution in [0.25, 0.3) is 22.2 Å². The molecule has 1 aromatic heterocycles. The minimum atomic E-state index is -3.71. The number of ether oxygens (including phenoxy) is 1. The maximum Gasteiger partial charge on any atom is 0.335 e. The first-order valence-corrected chi connectivity index (χ1v) is 16.8. The molecule has 7 rings (SSSR count). The molecule has 2 unspecified atom stereocenters. The van der Waals surface area contributed by atoms with Crippen molar-refractivity contribution in [3.05, 3.63) is 53.1 Å². The summed E-state index contributed by atoms with van der Waals surface area (Å²) in [6.07, 6.45) is 6.28. The van der Waals surface area contributed by atoms with Crippen LogP contribution in [0.5, 0.6) is 5.75 Å². The van der Waals surface area contributed by atoms with E-state index < -0.39 is 20.7 Å². The van der Waals surface area contributed by atoms with Crippen molar-refractivity contribution in [3.8, 4) is 17.0 Å². The fourth-order valence-corrected chi connectivity index (χ4v) is 10.7. The zero-order chi connectivity index (χ0) is 29.6. The molecule has 3 heterocycles. The molecule has 4 atom stereocenters. The zero-order valence-corrected chi connectivity index (χ0v) is 25.8. The van der Waals surface area contributed by atoms with E-state index >= 15 is 0 Å². The Balaban J connectivity index is 1.48. The first-order chi connectivity index (χ1) is 20.1. The minimum absolute atomic E-state index is 0.120. The van der Waals surface area contributed by atoms with Crippen LogP contribution in [0, 0.1) is 0 Å². The molecule has 1 saturated heterocycles. The molecular weight excluding hydrogens is 550 g/mol. The molecule has 4 aliphatic rings. The van der Waals surface area contributed by atoms with Crippen molar-refractivity contribution in [1.82, 2.24) is 13.8 Å². The summed E-state index contributed by atoms with van der Waals surface area (Å²) in [5, 5.41) is 11.0. The maximum absolute atomic E-state index is 14.8. The van der Waals surface area contributed by atoms with E-state index in [2.05, 4.69) is 36.4 Å². The summed E-state index contributed by atoms with van der Waals surface area (Å²) in [6.45, 7) is 5.44. The van der Waals surface area contributed by atoms with Gasteiger partial charge in [-0.3, -0.25) is 4.90 Å². The number of hydrogen-bond donors (Lipinski definition) is 1. The molecule has 2 aromatic carbocycles. The largest absolute Gasteiger partial charge is 0.497 e. The van der Waals surface area contributed by atoms with Crippen molar-refractivity contribution < 1.29 is 23.1 Å². The number of aromatic nitrogens is 1. The number of carbonyl (C=O) groups is 1. The Morgan fingerprint density at radius 2 is 1.74 bits per heavy atom. The van der Waals surface area contributed by atoms with Gasteiger partial charge >= 0.3 is 5.97 Å². The first kappa shape index (κ1) is 27.9. The predicted octanol–water partition coefficient (Wildman–Crippen LogP) is 5.66. The number of hydrogen-bond acceptors (Lipinski definition) is 5. The van der Waals surface area contributed by atoms with Crippen LogP contribution in [-0.2, 0) is 16.6 Å². The number of sulfonamides is 1. The molecule has 2 aliphatic carbocycles. The van der Waals surface area contributed by atoms with Gasteiger partial charge in [-0.2, -0.15) is 4.31 Å². The Bertz CT molecular complexity index is 1680. The molecule has 0 spiro atoms. The number of likely N-dealkylation sites (N-methyl/N-ethyl adjacent to an activating group) is 1. The molecule has 42 heavy (non-hydrogen) atoms. The lowest BCUT2D eigenvalue weighted by Crippen LogP contribution is -2.58. The fourth-order valence-electron chi connectivity index (χ4n) is 8.24. The van der Waals surface area contributed by atoms with E-state index in [1.54, 1.807) is 23.5 Å². The van der Waals surface area contributed by atoms with Crippen molar-refractivity contribution in [2.45, 2.75) is 87.6 Å². The molecule has 0 bridgehead atoms. The van der Waals surface area contributed by atoms with Crippen LogP contribution in [0.4, 0.5) is 0 Å². The highest BCUT2D eigenvalue weighted by Gasteiger charge is 2.68. The molecule has 9 heteroatoms. The normalized spacial score (nSPS) is 28.5. The van der Waals surface area contributed by atoms with Gasteiger partial charge in [0.25, 0.3) is 0 Å². The van der Waals surface area contributed by atoms with Gasteiger partial charge in [-0.05, 0) is 87.5 Å². The Labute approximate surface area is 248 Å². The highest BCUT2D eigenvalue weighted by atomic mass is 32.2. The third-order valence-electron chi connectivity index (χ3n) is 10.9. The number of carboxylic acid groups (broad SMARTS) is 1. The Hall–Kier alpha value is -2.88. The maximum atomic E-state index is 14.8. The zero-order valence-electron chi connectivity index (χ0n) is 25.0. The van der Waals surface area contributed by atoms with E-state index in [4.69, 9.17) is 4.74 Å². The summed E-state index contributed by atoms with van der Waals surface area (Å²) in [6, 6.07) is 11.8. The average molecular weight is 592 g/mol.